The summed E-state index contributed by atoms with van der Waals surface area (Å²) in [6.45, 7) is 0. The molecule has 0 saturated heterocycles. The van der Waals surface area contributed by atoms with E-state index in [0.717, 1.165) is 10.7 Å². The van der Waals surface area contributed by atoms with Gasteiger partial charge in [0.2, 0.25) is 0 Å². The van der Waals surface area contributed by atoms with Crippen molar-refractivity contribution < 1.29 is 13.2 Å². The molecule has 0 N–H and O–H groups in total. The lowest BCUT2D eigenvalue weighted by molar-refractivity contribution is -0.121. The van der Waals surface area contributed by atoms with Gasteiger partial charge in [0.1, 0.15) is 0 Å². The molecule has 4 nitrogen and oxygen atoms in total. The van der Waals surface area contributed by atoms with E-state index in [1.54, 1.807) is 0 Å². The zero-order valence-corrected chi connectivity index (χ0v) is 7.52. The summed E-state index contributed by atoms with van der Waals surface area (Å²) in [4.78, 5) is 11.6. The fourth-order valence-electron chi connectivity index (χ4n) is 1.69. The van der Waals surface area contributed by atoms with Gasteiger partial charge >= 0.3 is 0 Å². The molecule has 0 aromatic heterocycles. The first-order chi connectivity index (χ1) is 5.55. The number of allylic oxidation sites excluding steroid dienone is 1. The first-order valence-electron chi connectivity index (χ1n) is 3.80. The number of carbonyl (C=O) groups excluding carboxylic acids is 1. The van der Waals surface area contributed by atoms with Crippen LogP contribution in [0.2, 0.25) is 0 Å². The van der Waals surface area contributed by atoms with Gasteiger partial charge < -0.3 is 0 Å². The molecule has 0 bridgehead atoms. The molecule has 1 amide bonds. The smallest absolute Gasteiger partial charge is 0.264 e. The fourth-order valence-corrected chi connectivity index (χ4v) is 3.25. The monoisotopic (exact) mass is 187 g/mol. The number of amides is 1. The minimum atomic E-state index is -3.39. The summed E-state index contributed by atoms with van der Waals surface area (Å²) in [5.41, 5.74) is 0.512. The lowest BCUT2D eigenvalue weighted by Crippen LogP contribution is -2.27. The van der Waals surface area contributed by atoms with Crippen molar-refractivity contribution in [2.24, 2.45) is 0 Å². The Morgan fingerprint density at radius 3 is 2.58 bits per heavy atom. The van der Waals surface area contributed by atoms with Crippen LogP contribution in [-0.4, -0.2) is 25.7 Å². The molecule has 1 aliphatic heterocycles. The maximum absolute atomic E-state index is 11.4. The van der Waals surface area contributed by atoms with Crippen LogP contribution in [0.1, 0.15) is 19.3 Å². The number of nitrogens with zero attached hydrogens (tertiary/aromatic N) is 1. The van der Waals surface area contributed by atoms with Crippen LogP contribution in [0.3, 0.4) is 0 Å². The summed E-state index contributed by atoms with van der Waals surface area (Å²) in [5, 5.41) is 0. The molecular formula is C7H9NO3S. The summed E-state index contributed by atoms with van der Waals surface area (Å²) in [6.07, 6.45) is 1.95. The molecule has 2 aliphatic rings. The second kappa shape index (κ2) is 2.10. The Morgan fingerprint density at radius 2 is 2.00 bits per heavy atom. The molecule has 1 heterocycles. The van der Waals surface area contributed by atoms with Gasteiger partial charge in [-0.3, -0.25) is 4.79 Å². The predicted octanol–water partition coefficient (Wildman–Crippen LogP) is 0.226. The van der Waals surface area contributed by atoms with Gasteiger partial charge in [0.25, 0.3) is 15.9 Å². The van der Waals surface area contributed by atoms with Crippen molar-refractivity contribution in [2.45, 2.75) is 19.3 Å². The van der Waals surface area contributed by atoms with Crippen LogP contribution in [0.15, 0.2) is 10.5 Å². The molecule has 0 aromatic carbocycles. The van der Waals surface area contributed by atoms with Crippen molar-refractivity contribution in [2.75, 3.05) is 7.05 Å². The molecule has 5 heteroatoms. The normalized spacial score (nSPS) is 26.8. The average Bonchev–Trinajstić information content (AvgIpc) is 2.54. The third kappa shape index (κ3) is 0.717. The van der Waals surface area contributed by atoms with Crippen molar-refractivity contribution in [3.63, 3.8) is 0 Å². The zero-order chi connectivity index (χ0) is 8.93. The Morgan fingerprint density at radius 1 is 1.33 bits per heavy atom. The van der Waals surface area contributed by atoms with Crippen LogP contribution in [0.4, 0.5) is 0 Å². The lowest BCUT2D eigenvalue weighted by atomic mass is 10.2. The second-order valence-corrected chi connectivity index (χ2v) is 5.02. The largest absolute Gasteiger partial charge is 0.268 e. The Labute approximate surface area is 70.9 Å². The molecule has 0 aromatic rings. The Kier molecular flexibility index (Phi) is 1.36. The van der Waals surface area contributed by atoms with Crippen LogP contribution in [-0.2, 0) is 14.8 Å². The highest BCUT2D eigenvalue weighted by Gasteiger charge is 2.42. The predicted molar refractivity (Wildman–Crippen MR) is 42.6 cm³/mol. The summed E-state index contributed by atoms with van der Waals surface area (Å²) in [6, 6.07) is 0. The van der Waals surface area contributed by atoms with Crippen LogP contribution >= 0.6 is 0 Å². The molecule has 12 heavy (non-hydrogen) atoms. The quantitative estimate of drug-likeness (QED) is 0.545. The number of likely N-dealkylation sites (N-methyl/N-ethyl adjacent to an activating group) is 1. The summed E-state index contributed by atoms with van der Waals surface area (Å²) in [7, 11) is -2.07. The van der Waals surface area contributed by atoms with Crippen molar-refractivity contribution in [3.05, 3.63) is 10.5 Å². The zero-order valence-electron chi connectivity index (χ0n) is 6.70. The van der Waals surface area contributed by atoms with E-state index in [-0.39, 0.29) is 5.91 Å². The van der Waals surface area contributed by atoms with E-state index in [9.17, 15) is 13.2 Å². The van der Waals surface area contributed by atoms with Gasteiger partial charge in [0.15, 0.2) is 0 Å². The van der Waals surface area contributed by atoms with E-state index in [2.05, 4.69) is 0 Å². The highest BCUT2D eigenvalue weighted by molar-refractivity contribution is 7.94. The SMILES string of the molecule is CN1C(=O)C2=C(CCC2)S1(=O)=O. The summed E-state index contributed by atoms with van der Waals surface area (Å²) in [5.74, 6) is -0.331. The molecule has 0 saturated carbocycles. The number of hydrogen-bond acceptors (Lipinski definition) is 3. The van der Waals surface area contributed by atoms with E-state index in [0.29, 0.717) is 23.3 Å². The van der Waals surface area contributed by atoms with Crippen molar-refractivity contribution in [3.8, 4) is 0 Å². The molecule has 2 rings (SSSR count). The molecule has 0 fully saturated rings. The fraction of sp³-hybridized carbons (Fsp3) is 0.571. The van der Waals surface area contributed by atoms with Crippen molar-refractivity contribution in [1.82, 2.24) is 4.31 Å². The first kappa shape index (κ1) is 7.79. The van der Waals surface area contributed by atoms with Gasteiger partial charge in [-0.2, -0.15) is 0 Å². The van der Waals surface area contributed by atoms with Crippen LogP contribution in [0.5, 0.6) is 0 Å². The Hall–Kier alpha value is -0.840. The van der Waals surface area contributed by atoms with Crippen LogP contribution in [0.25, 0.3) is 0 Å². The minimum Gasteiger partial charge on any atom is -0.268 e. The van der Waals surface area contributed by atoms with Gasteiger partial charge in [-0.05, 0) is 19.3 Å². The van der Waals surface area contributed by atoms with Gasteiger partial charge in [-0.25, -0.2) is 12.7 Å². The van der Waals surface area contributed by atoms with Crippen molar-refractivity contribution in [1.29, 1.82) is 0 Å². The van der Waals surface area contributed by atoms with E-state index in [1.165, 1.54) is 7.05 Å². The van der Waals surface area contributed by atoms with E-state index in [4.69, 9.17) is 0 Å². The standard InChI is InChI=1S/C7H9NO3S/c1-8-7(9)5-3-2-4-6(5)12(8,10)11/h2-4H2,1H3. The van der Waals surface area contributed by atoms with E-state index in [1.807, 2.05) is 0 Å². The molecule has 1 aliphatic carbocycles. The van der Waals surface area contributed by atoms with Gasteiger partial charge in [0.05, 0.1) is 4.91 Å². The molecule has 0 atom stereocenters. The highest BCUT2D eigenvalue weighted by atomic mass is 32.2. The van der Waals surface area contributed by atoms with E-state index < -0.39 is 10.0 Å². The molecule has 0 radical (unpaired) electrons. The third-order valence-corrected chi connectivity index (χ3v) is 4.34. The summed E-state index contributed by atoms with van der Waals surface area (Å²) >= 11 is 0. The van der Waals surface area contributed by atoms with Crippen molar-refractivity contribution >= 4 is 15.9 Å². The highest BCUT2D eigenvalue weighted by Crippen LogP contribution is 2.38. The van der Waals surface area contributed by atoms with E-state index >= 15 is 0 Å². The van der Waals surface area contributed by atoms with Crippen LogP contribution in [0, 0.1) is 0 Å². The summed E-state index contributed by atoms with van der Waals surface area (Å²) < 4.78 is 23.7. The number of sulfonamides is 1. The number of hydrogen-bond donors (Lipinski definition) is 0. The maximum Gasteiger partial charge on any atom is 0.264 e. The minimum absolute atomic E-state index is 0.331. The van der Waals surface area contributed by atoms with Gasteiger partial charge in [-0.1, -0.05) is 0 Å². The first-order valence-corrected chi connectivity index (χ1v) is 5.24. The Balaban J connectivity index is 2.62. The third-order valence-electron chi connectivity index (χ3n) is 2.38. The van der Waals surface area contributed by atoms with Gasteiger partial charge in [-0.15, -0.1) is 0 Å². The topological polar surface area (TPSA) is 54.5 Å². The van der Waals surface area contributed by atoms with Gasteiger partial charge in [0, 0.05) is 12.6 Å². The molecular weight excluding hydrogens is 178 g/mol. The number of rotatable bonds is 0. The molecule has 66 valence electrons. The maximum atomic E-state index is 11.4. The average molecular weight is 187 g/mol. The number of carbonyl (C=O) groups is 1. The second-order valence-electron chi connectivity index (χ2n) is 3.03. The Bertz CT molecular complexity index is 379. The van der Waals surface area contributed by atoms with Crippen LogP contribution < -0.4 is 0 Å². The lowest BCUT2D eigenvalue weighted by Gasteiger charge is -2.10. The molecule has 0 unspecified atom stereocenters. The molecule has 0 spiro atoms.